The summed E-state index contributed by atoms with van der Waals surface area (Å²) in [6, 6.07) is 0.170. The standard InChI is InChI=1S/C28H43NO7/c1-8-29-13-26(4)10-9-19(33-6)28-17-11-16-18(32-5)12-27(34-7,20(17)22(16)35-14(2)30)21(25(28)29)23(24(26)28)36-15(3)31/h16-25H,8-13H2,1-7H3. The molecule has 1 aliphatic heterocycles. The quantitative estimate of drug-likeness (QED) is 0.510. The van der Waals surface area contributed by atoms with E-state index in [1.807, 2.05) is 7.11 Å². The van der Waals surface area contributed by atoms with Crippen molar-refractivity contribution in [3.05, 3.63) is 0 Å². The fourth-order valence-corrected chi connectivity index (χ4v) is 11.4. The Morgan fingerprint density at radius 3 is 2.28 bits per heavy atom. The number of carbonyl (C=O) groups excluding carboxylic acids is 2. The fraction of sp³-hybridized carbons (Fsp3) is 0.929. The molecule has 13 unspecified atom stereocenters. The monoisotopic (exact) mass is 505 g/mol. The van der Waals surface area contributed by atoms with Crippen molar-refractivity contribution in [1.29, 1.82) is 0 Å². The molecule has 1 spiro atoms. The Bertz CT molecular complexity index is 943. The predicted molar refractivity (Wildman–Crippen MR) is 130 cm³/mol. The molecule has 5 aliphatic carbocycles. The van der Waals surface area contributed by atoms with Crippen molar-refractivity contribution >= 4 is 11.9 Å². The number of fused-ring (bicyclic) bond motifs is 2. The molecule has 6 aliphatic rings. The average molecular weight is 506 g/mol. The molecule has 0 N–H and O–H groups in total. The number of carbonyl (C=O) groups is 2. The summed E-state index contributed by atoms with van der Waals surface area (Å²) in [6.45, 7) is 9.61. The molecule has 0 aromatic carbocycles. The molecular formula is C28H43NO7. The molecule has 6 fully saturated rings. The van der Waals surface area contributed by atoms with Gasteiger partial charge in [0, 0.05) is 83.3 Å². The summed E-state index contributed by atoms with van der Waals surface area (Å²) in [5.41, 5.74) is -0.828. The highest BCUT2D eigenvalue weighted by Crippen LogP contribution is 2.80. The summed E-state index contributed by atoms with van der Waals surface area (Å²) in [4.78, 5) is 27.7. The average Bonchev–Trinajstić information content (AvgIpc) is 3.23. The first-order chi connectivity index (χ1) is 17.1. The molecule has 7 bridgehead atoms. The number of methoxy groups -OCH3 is 3. The van der Waals surface area contributed by atoms with E-state index in [1.54, 1.807) is 14.2 Å². The Hall–Kier alpha value is -1.22. The maximum absolute atomic E-state index is 12.7. The van der Waals surface area contributed by atoms with E-state index in [2.05, 4.69) is 18.7 Å². The van der Waals surface area contributed by atoms with Gasteiger partial charge in [0.05, 0.1) is 17.8 Å². The van der Waals surface area contributed by atoms with Crippen LogP contribution in [0.2, 0.25) is 0 Å². The summed E-state index contributed by atoms with van der Waals surface area (Å²) in [6.07, 6.45) is 3.08. The maximum atomic E-state index is 12.7. The van der Waals surface area contributed by atoms with Crippen LogP contribution < -0.4 is 0 Å². The van der Waals surface area contributed by atoms with Crippen LogP contribution in [0.4, 0.5) is 0 Å². The number of rotatable bonds is 6. The highest BCUT2D eigenvalue weighted by atomic mass is 16.6. The summed E-state index contributed by atoms with van der Waals surface area (Å²) < 4.78 is 31.8. The molecule has 1 saturated heterocycles. The topological polar surface area (TPSA) is 83.5 Å². The second-order valence-corrected chi connectivity index (χ2v) is 12.7. The van der Waals surface area contributed by atoms with Gasteiger partial charge in [-0.15, -0.1) is 0 Å². The number of hydrogen-bond donors (Lipinski definition) is 0. The van der Waals surface area contributed by atoms with Crippen LogP contribution in [0.3, 0.4) is 0 Å². The minimum absolute atomic E-state index is 0.000348. The summed E-state index contributed by atoms with van der Waals surface area (Å²) >= 11 is 0. The molecule has 0 aromatic heterocycles. The Labute approximate surface area is 214 Å². The van der Waals surface area contributed by atoms with E-state index in [0.29, 0.717) is 0 Å². The number of ether oxygens (including phenoxy) is 5. The van der Waals surface area contributed by atoms with Gasteiger partial charge >= 0.3 is 11.9 Å². The summed E-state index contributed by atoms with van der Waals surface area (Å²) in [5.74, 6) is -0.0124. The van der Waals surface area contributed by atoms with Crippen molar-refractivity contribution in [3.8, 4) is 0 Å². The molecule has 13 atom stereocenters. The Kier molecular flexibility index (Phi) is 5.67. The highest BCUT2D eigenvalue weighted by Gasteiger charge is 2.87. The number of esters is 2. The van der Waals surface area contributed by atoms with Gasteiger partial charge in [-0.2, -0.15) is 0 Å². The van der Waals surface area contributed by atoms with Crippen molar-refractivity contribution in [2.24, 2.45) is 40.4 Å². The van der Waals surface area contributed by atoms with Crippen LogP contribution >= 0.6 is 0 Å². The SMILES string of the molecule is CCN1CC2(C)CCC(OC)C34C5CC6C(OC)CC(OC)(C5C6OC(C)=O)C(C(OC(C)=O)C23)C14. The van der Waals surface area contributed by atoms with Gasteiger partial charge in [-0.05, 0) is 37.1 Å². The van der Waals surface area contributed by atoms with E-state index >= 15 is 0 Å². The lowest BCUT2D eigenvalue weighted by atomic mass is 9.43. The number of hydrogen-bond acceptors (Lipinski definition) is 8. The zero-order valence-electron chi connectivity index (χ0n) is 22.8. The third-order valence-corrected chi connectivity index (χ3v) is 11.8. The van der Waals surface area contributed by atoms with E-state index in [-0.39, 0.29) is 82.8 Å². The normalized spacial score (nSPS) is 54.3. The first-order valence-electron chi connectivity index (χ1n) is 13.8. The van der Waals surface area contributed by atoms with Crippen LogP contribution in [0, 0.1) is 40.4 Å². The van der Waals surface area contributed by atoms with Gasteiger partial charge in [0.15, 0.2) is 0 Å². The minimum Gasteiger partial charge on any atom is -0.462 e. The fourth-order valence-electron chi connectivity index (χ4n) is 11.4. The first kappa shape index (κ1) is 25.1. The second-order valence-electron chi connectivity index (χ2n) is 12.7. The van der Waals surface area contributed by atoms with Gasteiger partial charge in [-0.3, -0.25) is 14.5 Å². The molecule has 36 heavy (non-hydrogen) atoms. The van der Waals surface area contributed by atoms with Crippen molar-refractivity contribution in [3.63, 3.8) is 0 Å². The minimum atomic E-state index is -0.622. The van der Waals surface area contributed by atoms with Gasteiger partial charge in [0.2, 0.25) is 0 Å². The van der Waals surface area contributed by atoms with Crippen LogP contribution in [0.25, 0.3) is 0 Å². The number of likely N-dealkylation sites (tertiary alicyclic amines) is 1. The zero-order chi connectivity index (χ0) is 25.8. The third-order valence-electron chi connectivity index (χ3n) is 11.8. The Morgan fingerprint density at radius 1 is 1.00 bits per heavy atom. The number of piperidine rings is 1. The Morgan fingerprint density at radius 2 is 1.69 bits per heavy atom. The summed E-state index contributed by atoms with van der Waals surface area (Å²) in [5, 5.41) is 0. The van der Waals surface area contributed by atoms with Gasteiger partial charge in [0.25, 0.3) is 0 Å². The molecule has 8 nitrogen and oxygen atoms in total. The molecule has 1 heterocycles. The smallest absolute Gasteiger partial charge is 0.302 e. The van der Waals surface area contributed by atoms with Gasteiger partial charge in [-0.1, -0.05) is 13.8 Å². The van der Waals surface area contributed by atoms with E-state index in [4.69, 9.17) is 23.7 Å². The van der Waals surface area contributed by atoms with Crippen LogP contribution in [0.15, 0.2) is 0 Å². The molecule has 6 rings (SSSR count). The third kappa shape index (κ3) is 2.75. The molecular weight excluding hydrogens is 462 g/mol. The maximum Gasteiger partial charge on any atom is 0.302 e. The van der Waals surface area contributed by atoms with Gasteiger partial charge in [-0.25, -0.2) is 0 Å². The first-order valence-corrected chi connectivity index (χ1v) is 13.8. The molecule has 5 saturated carbocycles. The van der Waals surface area contributed by atoms with Crippen LogP contribution in [0.5, 0.6) is 0 Å². The molecule has 0 aromatic rings. The largest absolute Gasteiger partial charge is 0.462 e. The van der Waals surface area contributed by atoms with Crippen LogP contribution in [-0.4, -0.2) is 87.3 Å². The van der Waals surface area contributed by atoms with Crippen molar-refractivity contribution in [2.75, 3.05) is 34.4 Å². The second kappa shape index (κ2) is 8.14. The lowest BCUT2D eigenvalue weighted by molar-refractivity contribution is -0.277. The van der Waals surface area contributed by atoms with E-state index in [1.165, 1.54) is 13.8 Å². The molecule has 202 valence electrons. The summed E-state index contributed by atoms with van der Waals surface area (Å²) in [7, 11) is 5.41. The zero-order valence-corrected chi connectivity index (χ0v) is 22.8. The van der Waals surface area contributed by atoms with Crippen molar-refractivity contribution < 1.29 is 33.3 Å². The highest BCUT2D eigenvalue weighted by molar-refractivity contribution is 5.67. The van der Waals surface area contributed by atoms with Gasteiger partial charge < -0.3 is 23.7 Å². The molecule has 0 radical (unpaired) electrons. The number of nitrogens with zero attached hydrogens (tertiary/aromatic N) is 1. The van der Waals surface area contributed by atoms with E-state index in [9.17, 15) is 9.59 Å². The van der Waals surface area contributed by atoms with Gasteiger partial charge in [0.1, 0.15) is 12.2 Å². The lowest BCUT2D eigenvalue weighted by Crippen LogP contribution is -2.76. The molecule has 8 heteroatoms. The van der Waals surface area contributed by atoms with E-state index < -0.39 is 5.60 Å². The van der Waals surface area contributed by atoms with E-state index in [0.717, 1.165) is 38.8 Å². The Balaban J connectivity index is 1.65. The van der Waals surface area contributed by atoms with Crippen molar-refractivity contribution in [2.45, 2.75) is 89.4 Å². The molecule has 0 amide bonds. The lowest BCUT2D eigenvalue weighted by Gasteiger charge is -2.69. The van der Waals surface area contributed by atoms with Crippen LogP contribution in [-0.2, 0) is 33.3 Å². The van der Waals surface area contributed by atoms with Crippen molar-refractivity contribution in [1.82, 2.24) is 4.90 Å². The predicted octanol–water partition coefficient (Wildman–Crippen LogP) is 2.67. The van der Waals surface area contributed by atoms with Crippen LogP contribution in [0.1, 0.15) is 53.4 Å².